The van der Waals surface area contributed by atoms with Crippen LogP contribution in [0.1, 0.15) is 28.4 Å². The third kappa shape index (κ3) is 4.54. The fourth-order valence-electron chi connectivity index (χ4n) is 2.64. The maximum atomic E-state index is 10.5. The molecule has 1 unspecified atom stereocenters. The van der Waals surface area contributed by atoms with Gasteiger partial charge in [0.15, 0.2) is 0 Å². The highest BCUT2D eigenvalue weighted by molar-refractivity contribution is 7.11. The number of piperidine rings is 1. The zero-order chi connectivity index (χ0) is 14.5. The lowest BCUT2D eigenvalue weighted by Crippen LogP contribution is -2.40. The molecule has 0 aromatic carbocycles. The van der Waals surface area contributed by atoms with Crippen molar-refractivity contribution in [1.29, 1.82) is 0 Å². The van der Waals surface area contributed by atoms with Crippen LogP contribution in [0.4, 0.5) is 0 Å². The number of carbonyl (C=O) groups is 1. The summed E-state index contributed by atoms with van der Waals surface area (Å²) in [5, 5.41) is 12.8. The summed E-state index contributed by atoms with van der Waals surface area (Å²) >= 11 is 1.78. The van der Waals surface area contributed by atoms with Crippen LogP contribution in [0.2, 0.25) is 0 Å². The first-order valence-electron chi connectivity index (χ1n) is 7.12. The molecule has 0 radical (unpaired) electrons. The quantitative estimate of drug-likeness (QED) is 0.836. The van der Waals surface area contributed by atoms with Gasteiger partial charge in [-0.3, -0.25) is 9.69 Å². The van der Waals surface area contributed by atoms with Gasteiger partial charge in [0, 0.05) is 11.4 Å². The van der Waals surface area contributed by atoms with Crippen LogP contribution in [-0.2, 0) is 11.3 Å². The normalized spacial score (nSPS) is 20.2. The van der Waals surface area contributed by atoms with Crippen molar-refractivity contribution < 1.29 is 9.90 Å². The van der Waals surface area contributed by atoms with Crippen LogP contribution in [0.15, 0.2) is 0 Å². The highest BCUT2D eigenvalue weighted by Crippen LogP contribution is 2.22. The number of likely N-dealkylation sites (tertiary alicyclic amines) is 1. The predicted molar refractivity (Wildman–Crippen MR) is 80.1 cm³/mol. The van der Waals surface area contributed by atoms with E-state index in [4.69, 9.17) is 5.11 Å². The second kappa shape index (κ2) is 7.15. The minimum atomic E-state index is -0.786. The summed E-state index contributed by atoms with van der Waals surface area (Å²) in [5.41, 5.74) is 1.14. The second-order valence-electron chi connectivity index (χ2n) is 5.52. The third-order valence-corrected chi connectivity index (χ3v) is 4.80. The Labute approximate surface area is 124 Å². The lowest BCUT2D eigenvalue weighted by molar-refractivity contribution is -0.136. The molecule has 1 aromatic rings. The van der Waals surface area contributed by atoms with E-state index in [0.29, 0.717) is 5.92 Å². The molecule has 1 aliphatic heterocycles. The number of nitrogens with one attached hydrogen (secondary N) is 1. The summed E-state index contributed by atoms with van der Waals surface area (Å²) < 4.78 is 0. The van der Waals surface area contributed by atoms with Gasteiger partial charge in [0.25, 0.3) is 0 Å². The summed E-state index contributed by atoms with van der Waals surface area (Å²) in [6.07, 6.45) is 2.36. The molecular weight excluding hydrogens is 274 g/mol. The molecular formula is C14H23N3O2S. The van der Waals surface area contributed by atoms with Gasteiger partial charge in [-0.05, 0) is 45.7 Å². The molecule has 20 heavy (non-hydrogen) atoms. The zero-order valence-corrected chi connectivity index (χ0v) is 13.0. The molecule has 1 atom stereocenters. The standard InChI is InChI=1S/C14H23N3O2S/c1-10-11(2)20-13(16-10)9-17-5-3-4-12(8-17)6-15-7-14(18)19/h12,15H,3-9H2,1-2H3,(H,18,19). The summed E-state index contributed by atoms with van der Waals surface area (Å²) in [5.74, 6) is -0.239. The Morgan fingerprint density at radius 1 is 1.55 bits per heavy atom. The summed E-state index contributed by atoms with van der Waals surface area (Å²) in [7, 11) is 0. The molecule has 1 aliphatic rings. The predicted octanol–water partition coefficient (Wildman–Crippen LogP) is 1.65. The lowest BCUT2D eigenvalue weighted by atomic mass is 9.98. The van der Waals surface area contributed by atoms with Crippen LogP contribution in [0, 0.1) is 19.8 Å². The molecule has 0 aliphatic carbocycles. The maximum absolute atomic E-state index is 10.5. The number of aromatic nitrogens is 1. The smallest absolute Gasteiger partial charge is 0.317 e. The zero-order valence-electron chi connectivity index (χ0n) is 12.2. The van der Waals surface area contributed by atoms with Gasteiger partial charge in [0.1, 0.15) is 5.01 Å². The van der Waals surface area contributed by atoms with Gasteiger partial charge in [-0.1, -0.05) is 0 Å². The average Bonchev–Trinajstić information content (AvgIpc) is 2.68. The Kier molecular flexibility index (Phi) is 5.51. The Morgan fingerprint density at radius 3 is 3.00 bits per heavy atom. The Hall–Kier alpha value is -0.980. The molecule has 1 aromatic heterocycles. The van der Waals surface area contributed by atoms with Crippen molar-refractivity contribution in [2.24, 2.45) is 5.92 Å². The second-order valence-corrected chi connectivity index (χ2v) is 6.80. The number of aryl methyl sites for hydroxylation is 2. The molecule has 1 saturated heterocycles. The van der Waals surface area contributed by atoms with Crippen LogP contribution in [-0.4, -0.2) is 47.1 Å². The van der Waals surface area contributed by atoms with Gasteiger partial charge in [0.2, 0.25) is 0 Å². The van der Waals surface area contributed by atoms with Crippen LogP contribution < -0.4 is 5.32 Å². The third-order valence-electron chi connectivity index (χ3n) is 3.74. The number of thiazole rings is 1. The van der Waals surface area contributed by atoms with E-state index < -0.39 is 5.97 Å². The number of hydrogen-bond acceptors (Lipinski definition) is 5. The topological polar surface area (TPSA) is 65.5 Å². The highest BCUT2D eigenvalue weighted by Gasteiger charge is 2.20. The van der Waals surface area contributed by atoms with Gasteiger partial charge in [0.05, 0.1) is 18.8 Å². The maximum Gasteiger partial charge on any atom is 0.317 e. The molecule has 0 bridgehead atoms. The number of carboxylic acid groups (broad SMARTS) is 1. The van der Waals surface area contributed by atoms with E-state index in [-0.39, 0.29) is 6.54 Å². The van der Waals surface area contributed by atoms with E-state index in [1.807, 2.05) is 0 Å². The molecule has 2 heterocycles. The van der Waals surface area contributed by atoms with E-state index in [1.165, 1.54) is 22.7 Å². The largest absolute Gasteiger partial charge is 0.480 e. The Bertz CT molecular complexity index is 442. The molecule has 1 fully saturated rings. The van der Waals surface area contributed by atoms with Crippen LogP contribution in [0.3, 0.4) is 0 Å². The van der Waals surface area contributed by atoms with Gasteiger partial charge in [-0.25, -0.2) is 4.98 Å². The Balaban J connectivity index is 1.79. The number of rotatable bonds is 6. The number of carboxylic acids is 1. The van der Waals surface area contributed by atoms with Crippen molar-refractivity contribution >= 4 is 17.3 Å². The summed E-state index contributed by atoms with van der Waals surface area (Å²) in [4.78, 5) is 18.8. The SMILES string of the molecule is Cc1nc(CN2CCCC(CNCC(=O)O)C2)sc1C. The van der Waals surface area contributed by atoms with Gasteiger partial charge in [-0.15, -0.1) is 11.3 Å². The van der Waals surface area contributed by atoms with Crippen molar-refractivity contribution in [1.82, 2.24) is 15.2 Å². The van der Waals surface area contributed by atoms with Gasteiger partial charge in [-0.2, -0.15) is 0 Å². The first-order chi connectivity index (χ1) is 9.54. The molecule has 5 nitrogen and oxygen atoms in total. The lowest BCUT2D eigenvalue weighted by Gasteiger charge is -2.32. The van der Waals surface area contributed by atoms with Crippen LogP contribution >= 0.6 is 11.3 Å². The van der Waals surface area contributed by atoms with Crippen molar-refractivity contribution in [3.8, 4) is 0 Å². The number of hydrogen-bond donors (Lipinski definition) is 2. The van der Waals surface area contributed by atoms with E-state index in [0.717, 1.165) is 31.9 Å². The van der Waals surface area contributed by atoms with E-state index in [2.05, 4.69) is 29.0 Å². The van der Waals surface area contributed by atoms with Gasteiger partial charge >= 0.3 is 5.97 Å². The molecule has 0 saturated carbocycles. The highest BCUT2D eigenvalue weighted by atomic mass is 32.1. The van der Waals surface area contributed by atoms with Crippen LogP contribution in [0.5, 0.6) is 0 Å². The first-order valence-corrected chi connectivity index (χ1v) is 7.94. The average molecular weight is 297 g/mol. The Morgan fingerprint density at radius 2 is 2.35 bits per heavy atom. The van der Waals surface area contributed by atoms with E-state index in [9.17, 15) is 4.79 Å². The van der Waals surface area contributed by atoms with E-state index in [1.54, 1.807) is 11.3 Å². The minimum absolute atomic E-state index is 0.0569. The molecule has 2 rings (SSSR count). The first kappa shape index (κ1) is 15.4. The molecule has 2 N–H and O–H groups in total. The van der Waals surface area contributed by atoms with E-state index >= 15 is 0 Å². The fourth-order valence-corrected chi connectivity index (χ4v) is 3.62. The molecule has 0 spiro atoms. The molecule has 6 heteroatoms. The fraction of sp³-hybridized carbons (Fsp3) is 0.714. The van der Waals surface area contributed by atoms with Crippen LogP contribution in [0.25, 0.3) is 0 Å². The van der Waals surface area contributed by atoms with Crippen molar-refractivity contribution in [2.75, 3.05) is 26.2 Å². The number of aliphatic carboxylic acids is 1. The summed E-state index contributed by atoms with van der Waals surface area (Å²) in [6, 6.07) is 0. The van der Waals surface area contributed by atoms with Crippen molar-refractivity contribution in [2.45, 2.75) is 33.2 Å². The van der Waals surface area contributed by atoms with Crippen molar-refractivity contribution in [3.05, 3.63) is 15.6 Å². The van der Waals surface area contributed by atoms with Gasteiger partial charge < -0.3 is 10.4 Å². The monoisotopic (exact) mass is 297 g/mol. The molecule has 112 valence electrons. The summed E-state index contributed by atoms with van der Waals surface area (Å²) in [6.45, 7) is 8.10. The number of nitrogens with zero attached hydrogens (tertiary/aromatic N) is 2. The molecule has 0 amide bonds. The van der Waals surface area contributed by atoms with Crippen molar-refractivity contribution in [3.63, 3.8) is 0 Å². The minimum Gasteiger partial charge on any atom is -0.480 e.